The van der Waals surface area contributed by atoms with Crippen LogP contribution in [0.4, 0.5) is 4.39 Å². The normalized spacial score (nSPS) is 10.2. The maximum absolute atomic E-state index is 13.3. The van der Waals surface area contributed by atoms with Crippen LogP contribution >= 0.6 is 0 Å². The van der Waals surface area contributed by atoms with E-state index >= 15 is 0 Å². The molecule has 2 aromatic rings. The van der Waals surface area contributed by atoms with E-state index in [9.17, 15) is 9.18 Å². The van der Waals surface area contributed by atoms with Crippen molar-refractivity contribution in [3.63, 3.8) is 0 Å². The molecule has 0 fully saturated rings. The van der Waals surface area contributed by atoms with Gasteiger partial charge in [0.1, 0.15) is 11.6 Å². The van der Waals surface area contributed by atoms with Crippen LogP contribution in [0.15, 0.2) is 42.5 Å². The third-order valence-corrected chi connectivity index (χ3v) is 3.33. The molecule has 0 spiro atoms. The van der Waals surface area contributed by atoms with E-state index in [2.05, 4.69) is 5.32 Å². The number of aryl methyl sites for hydroxylation is 1. The molecule has 1 amide bonds. The number of rotatable bonds is 5. The molecule has 0 heterocycles. The van der Waals surface area contributed by atoms with E-state index in [-0.39, 0.29) is 18.1 Å². The van der Waals surface area contributed by atoms with Gasteiger partial charge in [-0.25, -0.2) is 4.39 Å². The van der Waals surface area contributed by atoms with E-state index < -0.39 is 0 Å². The second kappa shape index (κ2) is 6.88. The second-order valence-electron chi connectivity index (χ2n) is 4.84. The van der Waals surface area contributed by atoms with Crippen molar-refractivity contribution in [3.8, 4) is 5.75 Å². The molecule has 0 bridgehead atoms. The minimum Gasteiger partial charge on any atom is -0.496 e. The third kappa shape index (κ3) is 4.05. The monoisotopic (exact) mass is 287 g/mol. The first-order valence-electron chi connectivity index (χ1n) is 6.74. The lowest BCUT2D eigenvalue weighted by molar-refractivity contribution is -0.120. The van der Waals surface area contributed by atoms with Crippen molar-refractivity contribution >= 4 is 5.91 Å². The number of halogens is 1. The number of carbonyl (C=O) groups excluding carboxylic acids is 1. The van der Waals surface area contributed by atoms with Gasteiger partial charge in [0.15, 0.2) is 0 Å². The zero-order valence-corrected chi connectivity index (χ0v) is 12.2. The van der Waals surface area contributed by atoms with Gasteiger partial charge in [0.2, 0.25) is 5.91 Å². The molecule has 2 rings (SSSR count). The number of methoxy groups -OCH3 is 1. The van der Waals surface area contributed by atoms with Gasteiger partial charge in [-0.15, -0.1) is 0 Å². The molecule has 0 saturated heterocycles. The lowest BCUT2D eigenvalue weighted by Gasteiger charge is -2.10. The first-order chi connectivity index (χ1) is 10.1. The highest BCUT2D eigenvalue weighted by molar-refractivity contribution is 5.79. The molecule has 4 heteroatoms. The molecule has 3 nitrogen and oxygen atoms in total. The maximum Gasteiger partial charge on any atom is 0.224 e. The van der Waals surface area contributed by atoms with Crippen molar-refractivity contribution < 1.29 is 13.9 Å². The van der Waals surface area contributed by atoms with Crippen LogP contribution in [-0.2, 0) is 17.8 Å². The molecule has 0 aromatic heterocycles. The van der Waals surface area contributed by atoms with Crippen molar-refractivity contribution in [2.75, 3.05) is 7.11 Å². The summed E-state index contributed by atoms with van der Waals surface area (Å²) in [4.78, 5) is 12.0. The van der Waals surface area contributed by atoms with E-state index in [1.54, 1.807) is 0 Å². The largest absolute Gasteiger partial charge is 0.496 e. The van der Waals surface area contributed by atoms with Gasteiger partial charge in [-0.05, 0) is 36.2 Å². The molecular formula is C17H18FNO2. The summed E-state index contributed by atoms with van der Waals surface area (Å²) in [7, 11) is 1.50. The number of nitrogens with one attached hydrogen (secondary N) is 1. The minimum absolute atomic E-state index is 0.0901. The van der Waals surface area contributed by atoms with Crippen LogP contribution in [0, 0.1) is 12.7 Å². The first kappa shape index (κ1) is 15.0. The summed E-state index contributed by atoms with van der Waals surface area (Å²) < 4.78 is 18.4. The number of hydrogen-bond acceptors (Lipinski definition) is 2. The fourth-order valence-electron chi connectivity index (χ4n) is 2.12. The molecule has 0 aliphatic rings. The van der Waals surface area contributed by atoms with E-state index in [0.717, 1.165) is 11.1 Å². The Morgan fingerprint density at radius 1 is 1.19 bits per heavy atom. The number of ether oxygens (including phenoxy) is 1. The standard InChI is InChI=1S/C17H18FNO2/c1-12-5-3-4-6-13(12)11-19-17(20)10-14-9-15(18)7-8-16(14)21-2/h3-9H,10-11H2,1-2H3,(H,19,20). The zero-order valence-electron chi connectivity index (χ0n) is 12.2. The van der Waals surface area contributed by atoms with Crippen LogP contribution in [0.3, 0.4) is 0 Å². The fourth-order valence-corrected chi connectivity index (χ4v) is 2.12. The quantitative estimate of drug-likeness (QED) is 0.918. The Kier molecular flexibility index (Phi) is 4.93. The van der Waals surface area contributed by atoms with Gasteiger partial charge in [-0.3, -0.25) is 4.79 Å². The van der Waals surface area contributed by atoms with Gasteiger partial charge in [-0.1, -0.05) is 24.3 Å². The molecule has 1 N–H and O–H groups in total. The van der Waals surface area contributed by atoms with Crippen LogP contribution in [0.5, 0.6) is 5.75 Å². The lowest BCUT2D eigenvalue weighted by Crippen LogP contribution is -2.25. The Balaban J connectivity index is 1.99. The van der Waals surface area contributed by atoms with Gasteiger partial charge < -0.3 is 10.1 Å². The smallest absolute Gasteiger partial charge is 0.224 e. The average molecular weight is 287 g/mol. The predicted molar refractivity (Wildman–Crippen MR) is 79.7 cm³/mol. The maximum atomic E-state index is 13.3. The van der Waals surface area contributed by atoms with E-state index in [4.69, 9.17) is 4.74 Å². The van der Waals surface area contributed by atoms with E-state index in [1.807, 2.05) is 31.2 Å². The first-order valence-corrected chi connectivity index (χ1v) is 6.74. The summed E-state index contributed by atoms with van der Waals surface area (Å²) in [6.07, 6.45) is 0.0901. The summed E-state index contributed by atoms with van der Waals surface area (Å²) >= 11 is 0. The third-order valence-electron chi connectivity index (χ3n) is 3.33. The molecule has 2 aromatic carbocycles. The van der Waals surface area contributed by atoms with Gasteiger partial charge in [0, 0.05) is 12.1 Å². The number of carbonyl (C=O) groups is 1. The predicted octanol–water partition coefficient (Wildman–Crippen LogP) is 3.00. The fraction of sp³-hybridized carbons (Fsp3) is 0.235. The van der Waals surface area contributed by atoms with Crippen LogP contribution in [-0.4, -0.2) is 13.0 Å². The lowest BCUT2D eigenvalue weighted by atomic mass is 10.1. The van der Waals surface area contributed by atoms with Gasteiger partial charge in [0.25, 0.3) is 0 Å². The Morgan fingerprint density at radius 3 is 2.67 bits per heavy atom. The van der Waals surface area contributed by atoms with E-state index in [1.165, 1.54) is 25.3 Å². The average Bonchev–Trinajstić information content (AvgIpc) is 2.47. The molecule has 0 unspecified atom stereocenters. The Labute approximate surface area is 123 Å². The number of hydrogen-bond donors (Lipinski definition) is 1. The van der Waals surface area contributed by atoms with E-state index in [0.29, 0.717) is 17.9 Å². The molecule has 0 aliphatic heterocycles. The van der Waals surface area contributed by atoms with Crippen molar-refractivity contribution in [2.24, 2.45) is 0 Å². The minimum atomic E-state index is -0.377. The Bertz CT molecular complexity index is 640. The van der Waals surface area contributed by atoms with Crippen molar-refractivity contribution in [3.05, 3.63) is 65.0 Å². The van der Waals surface area contributed by atoms with Crippen molar-refractivity contribution in [1.29, 1.82) is 0 Å². The van der Waals surface area contributed by atoms with Gasteiger partial charge in [0.05, 0.1) is 13.5 Å². The molecule has 0 radical (unpaired) electrons. The van der Waals surface area contributed by atoms with Crippen molar-refractivity contribution in [2.45, 2.75) is 19.9 Å². The summed E-state index contributed by atoms with van der Waals surface area (Å²) in [5.41, 5.74) is 2.73. The Hall–Kier alpha value is -2.36. The summed E-state index contributed by atoms with van der Waals surface area (Å²) in [5, 5.41) is 2.84. The van der Waals surface area contributed by atoms with Crippen LogP contribution in [0.2, 0.25) is 0 Å². The highest BCUT2D eigenvalue weighted by Gasteiger charge is 2.10. The van der Waals surface area contributed by atoms with Crippen molar-refractivity contribution in [1.82, 2.24) is 5.32 Å². The molecule has 0 aliphatic carbocycles. The zero-order chi connectivity index (χ0) is 15.2. The summed E-state index contributed by atoms with van der Waals surface area (Å²) in [6.45, 7) is 2.46. The SMILES string of the molecule is COc1ccc(F)cc1CC(=O)NCc1ccccc1C. The number of amides is 1. The molecule has 110 valence electrons. The molecule has 0 atom stereocenters. The topological polar surface area (TPSA) is 38.3 Å². The van der Waals surface area contributed by atoms with Crippen LogP contribution in [0.25, 0.3) is 0 Å². The molecule has 0 saturated carbocycles. The summed E-state index contributed by atoms with van der Waals surface area (Å²) in [6, 6.07) is 12.0. The van der Waals surface area contributed by atoms with Gasteiger partial charge in [-0.2, -0.15) is 0 Å². The highest BCUT2D eigenvalue weighted by Crippen LogP contribution is 2.19. The Morgan fingerprint density at radius 2 is 1.95 bits per heavy atom. The highest BCUT2D eigenvalue weighted by atomic mass is 19.1. The summed E-state index contributed by atoms with van der Waals surface area (Å²) in [5.74, 6) is -0.0258. The van der Waals surface area contributed by atoms with Crippen LogP contribution < -0.4 is 10.1 Å². The molecule has 21 heavy (non-hydrogen) atoms. The van der Waals surface area contributed by atoms with Gasteiger partial charge >= 0.3 is 0 Å². The second-order valence-corrected chi connectivity index (χ2v) is 4.84. The number of benzene rings is 2. The van der Waals surface area contributed by atoms with Crippen LogP contribution in [0.1, 0.15) is 16.7 Å². The molecular weight excluding hydrogens is 269 g/mol.